The lowest BCUT2D eigenvalue weighted by atomic mass is 10.1. The van der Waals surface area contributed by atoms with Crippen molar-refractivity contribution in [3.05, 3.63) is 81.4 Å². The Kier molecular flexibility index (Phi) is 6.23. The molecule has 164 valence electrons. The highest BCUT2D eigenvalue weighted by molar-refractivity contribution is 6.29. The minimum atomic E-state index is -0.352. The van der Waals surface area contributed by atoms with E-state index in [0.29, 0.717) is 34.5 Å². The first-order chi connectivity index (χ1) is 15.5. The van der Waals surface area contributed by atoms with Gasteiger partial charge in [0.25, 0.3) is 0 Å². The van der Waals surface area contributed by atoms with Crippen LogP contribution in [0.25, 0.3) is 16.9 Å². The lowest BCUT2D eigenvalue weighted by molar-refractivity contribution is 0.284. The molecule has 2 aromatic carbocycles. The number of benzene rings is 2. The zero-order chi connectivity index (χ0) is 22.7. The van der Waals surface area contributed by atoms with Gasteiger partial charge in [0.15, 0.2) is 0 Å². The van der Waals surface area contributed by atoms with Crippen LogP contribution in [0.2, 0.25) is 5.15 Å². The van der Waals surface area contributed by atoms with E-state index in [1.54, 1.807) is 19.2 Å². The third-order valence-electron chi connectivity index (χ3n) is 4.92. The Hall–Kier alpha value is -3.65. The lowest BCUT2D eigenvalue weighted by Gasteiger charge is -2.16. The molecular weight excluding hydrogens is 430 g/mol. The van der Waals surface area contributed by atoms with Crippen LogP contribution in [-0.2, 0) is 13.7 Å². The normalized spacial score (nSPS) is 10.9. The van der Waals surface area contributed by atoms with Crippen LogP contribution in [0, 0.1) is 6.92 Å². The van der Waals surface area contributed by atoms with Crippen molar-refractivity contribution in [3.63, 3.8) is 0 Å². The van der Waals surface area contributed by atoms with Gasteiger partial charge in [0.1, 0.15) is 23.3 Å². The third kappa shape index (κ3) is 4.36. The van der Waals surface area contributed by atoms with Gasteiger partial charge in [0.2, 0.25) is 0 Å². The first-order valence-electron chi connectivity index (χ1n) is 10.1. The Bertz CT molecular complexity index is 1320. The smallest absolute Gasteiger partial charge is 0.368 e. The average molecular weight is 452 g/mol. The molecule has 0 amide bonds. The number of tetrazole rings is 1. The summed E-state index contributed by atoms with van der Waals surface area (Å²) in [5.41, 5.74) is 3.59. The van der Waals surface area contributed by atoms with E-state index in [2.05, 4.69) is 15.4 Å². The van der Waals surface area contributed by atoms with Crippen molar-refractivity contribution in [2.24, 2.45) is 7.05 Å². The Labute approximate surface area is 190 Å². The highest BCUT2D eigenvalue weighted by Crippen LogP contribution is 2.29. The van der Waals surface area contributed by atoms with E-state index >= 15 is 0 Å². The summed E-state index contributed by atoms with van der Waals surface area (Å²) in [6.45, 7) is 4.53. The first kappa shape index (κ1) is 21.6. The van der Waals surface area contributed by atoms with Gasteiger partial charge in [-0.3, -0.25) is 0 Å². The quantitative estimate of drug-likeness (QED) is 0.395. The van der Waals surface area contributed by atoms with Crippen molar-refractivity contribution in [3.8, 4) is 28.4 Å². The van der Waals surface area contributed by atoms with Crippen molar-refractivity contribution in [2.75, 3.05) is 6.61 Å². The summed E-state index contributed by atoms with van der Waals surface area (Å²) in [5.74, 6) is 1.33. The largest absolute Gasteiger partial charge is 0.493 e. The van der Waals surface area contributed by atoms with Gasteiger partial charge < -0.3 is 9.47 Å². The average Bonchev–Trinajstić information content (AvgIpc) is 3.12. The SMILES string of the molecule is CCOc1cccc(-n2nnn(C)c2=O)c1COc1ccc(-c2cccc(Cl)n2)cc1C. The fourth-order valence-electron chi connectivity index (χ4n) is 3.34. The van der Waals surface area contributed by atoms with Crippen LogP contribution >= 0.6 is 11.6 Å². The molecule has 0 aliphatic rings. The molecule has 0 fully saturated rings. The molecule has 0 N–H and O–H groups in total. The van der Waals surface area contributed by atoms with E-state index in [4.69, 9.17) is 21.1 Å². The number of ether oxygens (including phenoxy) is 2. The summed E-state index contributed by atoms with van der Waals surface area (Å²) in [6.07, 6.45) is 0. The molecule has 4 rings (SSSR count). The van der Waals surface area contributed by atoms with E-state index in [1.807, 2.05) is 56.3 Å². The molecule has 32 heavy (non-hydrogen) atoms. The summed E-state index contributed by atoms with van der Waals surface area (Å²) in [7, 11) is 1.55. The molecular formula is C23H22ClN5O3. The highest BCUT2D eigenvalue weighted by Gasteiger charge is 2.17. The summed E-state index contributed by atoms with van der Waals surface area (Å²) in [5, 5.41) is 8.21. The second-order valence-electron chi connectivity index (χ2n) is 7.10. The molecule has 2 heterocycles. The van der Waals surface area contributed by atoms with E-state index in [1.165, 1.54) is 9.36 Å². The van der Waals surface area contributed by atoms with Gasteiger partial charge in [0.05, 0.1) is 23.6 Å². The summed E-state index contributed by atoms with van der Waals surface area (Å²) >= 11 is 6.02. The molecule has 8 nitrogen and oxygen atoms in total. The minimum Gasteiger partial charge on any atom is -0.493 e. The number of aryl methyl sites for hydroxylation is 2. The van der Waals surface area contributed by atoms with Crippen LogP contribution in [0.1, 0.15) is 18.1 Å². The fraction of sp³-hybridized carbons (Fsp3) is 0.217. The summed E-state index contributed by atoms with van der Waals surface area (Å²) in [4.78, 5) is 16.8. The topological polar surface area (TPSA) is 84.1 Å². The van der Waals surface area contributed by atoms with Crippen LogP contribution in [0.15, 0.2) is 59.4 Å². The summed E-state index contributed by atoms with van der Waals surface area (Å²) < 4.78 is 14.3. The second-order valence-corrected chi connectivity index (χ2v) is 7.49. The van der Waals surface area contributed by atoms with Crippen LogP contribution in [0.3, 0.4) is 0 Å². The lowest BCUT2D eigenvalue weighted by Crippen LogP contribution is -2.23. The number of aromatic nitrogens is 5. The number of halogens is 1. The monoisotopic (exact) mass is 451 g/mol. The molecule has 0 spiro atoms. The van der Waals surface area contributed by atoms with Crippen LogP contribution in [0.5, 0.6) is 11.5 Å². The molecule has 0 saturated heterocycles. The van der Waals surface area contributed by atoms with Gasteiger partial charge in [0, 0.05) is 12.6 Å². The van der Waals surface area contributed by atoms with Crippen LogP contribution in [-0.4, -0.2) is 31.4 Å². The molecule has 2 aromatic heterocycles. The van der Waals surface area contributed by atoms with Crippen molar-refractivity contribution in [1.82, 2.24) is 24.8 Å². The predicted molar refractivity (Wildman–Crippen MR) is 122 cm³/mol. The van der Waals surface area contributed by atoms with Crippen molar-refractivity contribution in [1.29, 1.82) is 0 Å². The molecule has 0 radical (unpaired) electrons. The molecule has 0 aliphatic heterocycles. The van der Waals surface area contributed by atoms with Gasteiger partial charge in [-0.2, -0.15) is 9.36 Å². The molecule has 9 heteroatoms. The van der Waals surface area contributed by atoms with E-state index < -0.39 is 0 Å². The highest BCUT2D eigenvalue weighted by atomic mass is 35.5. The van der Waals surface area contributed by atoms with Gasteiger partial charge in [-0.05, 0) is 72.3 Å². The fourth-order valence-corrected chi connectivity index (χ4v) is 3.51. The second kappa shape index (κ2) is 9.23. The zero-order valence-electron chi connectivity index (χ0n) is 17.9. The number of hydrogen-bond acceptors (Lipinski definition) is 6. The molecule has 0 aliphatic carbocycles. The molecule has 0 atom stereocenters. The first-order valence-corrected chi connectivity index (χ1v) is 10.5. The van der Waals surface area contributed by atoms with Gasteiger partial charge >= 0.3 is 5.69 Å². The maximum absolute atomic E-state index is 12.4. The molecule has 4 aromatic rings. The van der Waals surface area contributed by atoms with Gasteiger partial charge in [-0.1, -0.05) is 23.7 Å². The maximum atomic E-state index is 12.4. The van der Waals surface area contributed by atoms with E-state index in [9.17, 15) is 4.79 Å². The van der Waals surface area contributed by atoms with Crippen LogP contribution < -0.4 is 15.2 Å². The van der Waals surface area contributed by atoms with E-state index in [0.717, 1.165) is 16.8 Å². The third-order valence-corrected chi connectivity index (χ3v) is 5.13. The number of nitrogens with zero attached hydrogens (tertiary/aromatic N) is 5. The molecule has 0 saturated carbocycles. The van der Waals surface area contributed by atoms with E-state index in [-0.39, 0.29) is 12.3 Å². The standard InChI is InChI=1S/C23H22ClN5O3/c1-4-31-21-9-6-8-19(29-23(30)28(3)26-27-29)17(21)14-32-20-12-11-16(13-15(20)2)18-7-5-10-22(24)25-18/h5-13H,4,14H2,1-3H3. The Balaban J connectivity index is 1.65. The van der Waals surface area contributed by atoms with Gasteiger partial charge in [-0.25, -0.2) is 9.78 Å². The Morgan fingerprint density at radius 2 is 1.81 bits per heavy atom. The number of hydrogen-bond donors (Lipinski definition) is 0. The number of pyridine rings is 1. The van der Waals surface area contributed by atoms with Crippen molar-refractivity contribution >= 4 is 11.6 Å². The minimum absolute atomic E-state index is 0.185. The Morgan fingerprint density at radius 3 is 2.50 bits per heavy atom. The molecule has 0 unspecified atom stereocenters. The van der Waals surface area contributed by atoms with Crippen LogP contribution in [0.4, 0.5) is 0 Å². The van der Waals surface area contributed by atoms with Crippen molar-refractivity contribution < 1.29 is 9.47 Å². The maximum Gasteiger partial charge on any atom is 0.368 e. The molecule has 0 bridgehead atoms. The van der Waals surface area contributed by atoms with Gasteiger partial charge in [-0.15, -0.1) is 0 Å². The summed E-state index contributed by atoms with van der Waals surface area (Å²) in [6, 6.07) is 16.8. The predicted octanol–water partition coefficient (Wildman–Crippen LogP) is 3.97. The Morgan fingerprint density at radius 1 is 1.00 bits per heavy atom. The number of rotatable bonds is 7. The van der Waals surface area contributed by atoms with Crippen molar-refractivity contribution in [2.45, 2.75) is 20.5 Å². The zero-order valence-corrected chi connectivity index (χ0v) is 18.7.